The Bertz CT molecular complexity index is 661. The van der Waals surface area contributed by atoms with Gasteiger partial charge in [0.25, 0.3) is 0 Å². The van der Waals surface area contributed by atoms with Gasteiger partial charge >= 0.3 is 0 Å². The molecule has 5 nitrogen and oxygen atoms in total. The Kier molecular flexibility index (Phi) is 5.46. The van der Waals surface area contributed by atoms with Crippen LogP contribution in [0.1, 0.15) is 24.3 Å². The molecule has 1 saturated heterocycles. The summed E-state index contributed by atoms with van der Waals surface area (Å²) in [7, 11) is 0. The monoisotopic (exact) mass is 327 g/mol. The molecule has 0 atom stereocenters. The number of ether oxygens (including phenoxy) is 3. The van der Waals surface area contributed by atoms with Crippen molar-refractivity contribution in [3.05, 3.63) is 59.7 Å². The molecule has 0 aromatic heterocycles. The molecule has 1 aliphatic rings. The van der Waals surface area contributed by atoms with Gasteiger partial charge in [0.15, 0.2) is 6.29 Å². The highest BCUT2D eigenvalue weighted by atomic mass is 16.7. The summed E-state index contributed by atoms with van der Waals surface area (Å²) in [5, 5.41) is 2.90. The number of rotatable bonds is 6. The topological polar surface area (TPSA) is 56.8 Å². The van der Waals surface area contributed by atoms with Crippen molar-refractivity contribution in [3.8, 4) is 5.75 Å². The van der Waals surface area contributed by atoms with Crippen molar-refractivity contribution >= 4 is 11.6 Å². The van der Waals surface area contributed by atoms with Gasteiger partial charge in [0.05, 0.1) is 26.2 Å². The van der Waals surface area contributed by atoms with Crippen LogP contribution in [-0.4, -0.2) is 25.7 Å². The number of hydrogen-bond acceptors (Lipinski definition) is 4. The molecule has 2 aromatic carbocycles. The third-order valence-electron chi connectivity index (χ3n) is 3.69. The van der Waals surface area contributed by atoms with Gasteiger partial charge in [-0.1, -0.05) is 24.3 Å². The van der Waals surface area contributed by atoms with Crippen molar-refractivity contribution in [2.75, 3.05) is 25.1 Å². The second kappa shape index (κ2) is 7.95. The van der Waals surface area contributed by atoms with Gasteiger partial charge < -0.3 is 19.5 Å². The molecule has 0 bridgehead atoms. The largest absolute Gasteiger partial charge is 0.494 e. The smallest absolute Gasteiger partial charge is 0.228 e. The van der Waals surface area contributed by atoms with E-state index in [9.17, 15) is 4.79 Å². The molecule has 1 N–H and O–H groups in total. The van der Waals surface area contributed by atoms with Gasteiger partial charge in [-0.15, -0.1) is 0 Å². The maximum absolute atomic E-state index is 12.1. The highest BCUT2D eigenvalue weighted by Crippen LogP contribution is 2.24. The van der Waals surface area contributed by atoms with Gasteiger partial charge in [-0.05, 0) is 36.8 Å². The lowest BCUT2D eigenvalue weighted by Crippen LogP contribution is -2.14. The molecular formula is C19H21NO4. The Hall–Kier alpha value is -2.37. The van der Waals surface area contributed by atoms with Crippen molar-refractivity contribution < 1.29 is 19.0 Å². The quantitative estimate of drug-likeness (QED) is 0.884. The Labute approximate surface area is 141 Å². The molecule has 0 spiro atoms. The minimum Gasteiger partial charge on any atom is -0.494 e. The van der Waals surface area contributed by atoms with E-state index in [-0.39, 0.29) is 12.2 Å². The first-order valence-electron chi connectivity index (χ1n) is 8.09. The lowest BCUT2D eigenvalue weighted by atomic mass is 10.1. The summed E-state index contributed by atoms with van der Waals surface area (Å²) < 4.78 is 16.3. The van der Waals surface area contributed by atoms with E-state index in [4.69, 9.17) is 14.2 Å². The first kappa shape index (κ1) is 16.5. The summed E-state index contributed by atoms with van der Waals surface area (Å²) in [5.74, 6) is 0.758. The van der Waals surface area contributed by atoms with Gasteiger partial charge in [-0.25, -0.2) is 0 Å². The van der Waals surface area contributed by atoms with Crippen LogP contribution < -0.4 is 10.1 Å². The summed E-state index contributed by atoms with van der Waals surface area (Å²) in [5.41, 5.74) is 2.66. The first-order chi connectivity index (χ1) is 11.7. The number of carbonyl (C=O) groups excluding carboxylic acids is 1. The maximum Gasteiger partial charge on any atom is 0.228 e. The van der Waals surface area contributed by atoms with E-state index in [0.29, 0.717) is 26.2 Å². The highest BCUT2D eigenvalue weighted by Gasteiger charge is 2.17. The summed E-state index contributed by atoms with van der Waals surface area (Å²) in [4.78, 5) is 12.1. The van der Waals surface area contributed by atoms with Crippen molar-refractivity contribution in [1.29, 1.82) is 0 Å². The number of amides is 1. The zero-order valence-corrected chi connectivity index (χ0v) is 13.7. The number of hydrogen-bond donors (Lipinski definition) is 1. The predicted molar refractivity (Wildman–Crippen MR) is 91.0 cm³/mol. The van der Waals surface area contributed by atoms with E-state index >= 15 is 0 Å². The predicted octanol–water partition coefficient (Wildman–Crippen LogP) is 3.31. The third kappa shape index (κ3) is 4.34. The van der Waals surface area contributed by atoms with Crippen LogP contribution in [0.25, 0.3) is 0 Å². The van der Waals surface area contributed by atoms with Crippen molar-refractivity contribution in [2.24, 2.45) is 0 Å². The molecule has 3 rings (SSSR count). The fourth-order valence-electron chi connectivity index (χ4n) is 2.54. The zero-order valence-electron chi connectivity index (χ0n) is 13.7. The average molecular weight is 327 g/mol. The van der Waals surface area contributed by atoms with E-state index in [1.807, 2.05) is 55.5 Å². The van der Waals surface area contributed by atoms with Crippen LogP contribution in [0.5, 0.6) is 5.75 Å². The van der Waals surface area contributed by atoms with Crippen LogP contribution in [0.4, 0.5) is 5.69 Å². The van der Waals surface area contributed by atoms with Gasteiger partial charge in [0.1, 0.15) is 5.75 Å². The van der Waals surface area contributed by atoms with Crippen molar-refractivity contribution in [1.82, 2.24) is 0 Å². The van der Waals surface area contributed by atoms with Crippen molar-refractivity contribution in [2.45, 2.75) is 19.6 Å². The Balaban J connectivity index is 1.54. The number of nitrogens with one attached hydrogen (secondary N) is 1. The van der Waals surface area contributed by atoms with Crippen LogP contribution >= 0.6 is 0 Å². The van der Waals surface area contributed by atoms with E-state index in [1.54, 1.807) is 0 Å². The second-order valence-corrected chi connectivity index (χ2v) is 5.50. The fourth-order valence-corrected chi connectivity index (χ4v) is 2.54. The Morgan fingerprint density at radius 3 is 2.38 bits per heavy atom. The minimum absolute atomic E-state index is 0.0553. The maximum atomic E-state index is 12.1. The van der Waals surface area contributed by atoms with Crippen LogP contribution in [0.15, 0.2) is 48.5 Å². The standard InChI is InChI=1S/C19H21NO4/c1-2-22-17-9-3-14(4-10-17)13-18(21)20-16-7-5-15(6-8-16)19-23-11-12-24-19/h3-10,19H,2,11-13H2,1H3,(H,20,21). The molecule has 1 heterocycles. The first-order valence-corrected chi connectivity index (χ1v) is 8.09. The van der Waals surface area contributed by atoms with Crippen LogP contribution in [0, 0.1) is 0 Å². The van der Waals surface area contributed by atoms with E-state index < -0.39 is 0 Å². The average Bonchev–Trinajstić information content (AvgIpc) is 3.12. The molecule has 24 heavy (non-hydrogen) atoms. The lowest BCUT2D eigenvalue weighted by Gasteiger charge is -2.11. The normalized spacial score (nSPS) is 14.5. The second-order valence-electron chi connectivity index (χ2n) is 5.50. The zero-order chi connectivity index (χ0) is 16.8. The van der Waals surface area contributed by atoms with Gasteiger partial charge in [0, 0.05) is 11.3 Å². The molecule has 0 aliphatic carbocycles. The molecule has 1 fully saturated rings. The summed E-state index contributed by atoms with van der Waals surface area (Å²) in [6.45, 7) is 3.81. The third-order valence-corrected chi connectivity index (χ3v) is 3.69. The summed E-state index contributed by atoms with van der Waals surface area (Å²) >= 11 is 0. The van der Waals surface area contributed by atoms with E-state index in [2.05, 4.69) is 5.32 Å². The number of carbonyl (C=O) groups is 1. The molecule has 0 saturated carbocycles. The molecule has 126 valence electrons. The molecule has 0 unspecified atom stereocenters. The molecule has 2 aromatic rings. The van der Waals surface area contributed by atoms with Crippen LogP contribution in [-0.2, 0) is 20.7 Å². The van der Waals surface area contributed by atoms with Crippen molar-refractivity contribution in [3.63, 3.8) is 0 Å². The summed E-state index contributed by atoms with van der Waals surface area (Å²) in [6.07, 6.45) is 0.0295. The molecule has 5 heteroatoms. The van der Waals surface area contributed by atoms with Gasteiger partial charge in [-0.3, -0.25) is 4.79 Å². The minimum atomic E-state index is -0.293. The Morgan fingerprint density at radius 1 is 1.08 bits per heavy atom. The summed E-state index contributed by atoms with van der Waals surface area (Å²) in [6, 6.07) is 15.1. The van der Waals surface area contributed by atoms with E-state index in [1.165, 1.54) is 0 Å². The fraction of sp³-hybridized carbons (Fsp3) is 0.316. The number of benzene rings is 2. The molecule has 1 amide bonds. The molecule has 1 aliphatic heterocycles. The van der Waals surface area contributed by atoms with E-state index in [0.717, 1.165) is 22.6 Å². The van der Waals surface area contributed by atoms with Crippen LogP contribution in [0.2, 0.25) is 0 Å². The van der Waals surface area contributed by atoms with Crippen LogP contribution in [0.3, 0.4) is 0 Å². The highest BCUT2D eigenvalue weighted by molar-refractivity contribution is 5.92. The molecular weight excluding hydrogens is 306 g/mol. The van der Waals surface area contributed by atoms with Gasteiger partial charge in [0.2, 0.25) is 5.91 Å². The number of anilines is 1. The lowest BCUT2D eigenvalue weighted by molar-refractivity contribution is -0.115. The Morgan fingerprint density at radius 2 is 1.75 bits per heavy atom. The van der Waals surface area contributed by atoms with Gasteiger partial charge in [-0.2, -0.15) is 0 Å². The SMILES string of the molecule is CCOc1ccc(CC(=O)Nc2ccc(C3OCCO3)cc2)cc1. The molecule has 0 radical (unpaired) electrons.